The van der Waals surface area contributed by atoms with E-state index in [0.717, 1.165) is 31.8 Å². The van der Waals surface area contributed by atoms with E-state index in [9.17, 15) is 4.79 Å². The average molecular weight is 233 g/mol. The standard InChI is InChI=1S/C13H19N3O/c17-13(11-4-2-1-3-5-11)16-9-8-15-7-6-14-12(15)10-16/h6-7,11H,1-5,8-10H2. The molecule has 1 amide bonds. The van der Waals surface area contributed by atoms with Crippen molar-refractivity contribution in [2.24, 2.45) is 5.92 Å². The van der Waals surface area contributed by atoms with Crippen molar-refractivity contribution in [1.29, 1.82) is 0 Å². The molecule has 2 heterocycles. The second-order valence-electron chi connectivity index (χ2n) is 5.13. The van der Waals surface area contributed by atoms with Gasteiger partial charge in [-0.05, 0) is 12.8 Å². The van der Waals surface area contributed by atoms with Gasteiger partial charge in [0.05, 0.1) is 6.54 Å². The largest absolute Gasteiger partial charge is 0.333 e. The summed E-state index contributed by atoms with van der Waals surface area (Å²) in [7, 11) is 0. The zero-order chi connectivity index (χ0) is 11.7. The third kappa shape index (κ3) is 2.08. The van der Waals surface area contributed by atoms with Crippen molar-refractivity contribution in [2.75, 3.05) is 6.54 Å². The van der Waals surface area contributed by atoms with Gasteiger partial charge in [-0.2, -0.15) is 0 Å². The molecule has 1 aliphatic heterocycles. The molecule has 0 unspecified atom stereocenters. The fourth-order valence-corrected chi connectivity index (χ4v) is 2.97. The highest BCUT2D eigenvalue weighted by Gasteiger charge is 2.28. The Morgan fingerprint density at radius 2 is 2.06 bits per heavy atom. The van der Waals surface area contributed by atoms with Gasteiger partial charge < -0.3 is 9.47 Å². The molecule has 0 saturated heterocycles. The minimum atomic E-state index is 0.283. The SMILES string of the molecule is O=C(C1CCCCC1)N1CCn2ccnc2C1. The van der Waals surface area contributed by atoms with E-state index in [1.54, 1.807) is 0 Å². The van der Waals surface area contributed by atoms with E-state index in [1.165, 1.54) is 19.3 Å². The predicted octanol–water partition coefficient (Wildman–Crippen LogP) is 1.81. The number of amides is 1. The summed E-state index contributed by atoms with van der Waals surface area (Å²) < 4.78 is 2.14. The van der Waals surface area contributed by atoms with Crippen molar-refractivity contribution in [3.05, 3.63) is 18.2 Å². The van der Waals surface area contributed by atoms with Gasteiger partial charge in [-0.3, -0.25) is 4.79 Å². The van der Waals surface area contributed by atoms with Crippen molar-refractivity contribution < 1.29 is 4.79 Å². The van der Waals surface area contributed by atoms with Gasteiger partial charge in [-0.25, -0.2) is 4.98 Å². The van der Waals surface area contributed by atoms with E-state index >= 15 is 0 Å². The third-order valence-corrected chi connectivity index (χ3v) is 4.01. The quantitative estimate of drug-likeness (QED) is 0.742. The summed E-state index contributed by atoms with van der Waals surface area (Å²) in [5, 5.41) is 0. The summed E-state index contributed by atoms with van der Waals surface area (Å²) in [6.45, 7) is 2.44. The Hall–Kier alpha value is -1.32. The minimum absolute atomic E-state index is 0.283. The van der Waals surface area contributed by atoms with Crippen LogP contribution < -0.4 is 0 Å². The van der Waals surface area contributed by atoms with E-state index in [1.807, 2.05) is 17.3 Å². The second kappa shape index (κ2) is 4.51. The Bertz CT molecular complexity index is 407. The maximum Gasteiger partial charge on any atom is 0.226 e. The van der Waals surface area contributed by atoms with Gasteiger partial charge in [0.15, 0.2) is 0 Å². The Kier molecular flexibility index (Phi) is 2.87. The van der Waals surface area contributed by atoms with E-state index in [4.69, 9.17) is 0 Å². The fraction of sp³-hybridized carbons (Fsp3) is 0.692. The Balaban J connectivity index is 1.67. The van der Waals surface area contributed by atoms with Crippen molar-refractivity contribution in [3.63, 3.8) is 0 Å². The Morgan fingerprint density at radius 1 is 1.24 bits per heavy atom. The molecular formula is C13H19N3O. The minimum Gasteiger partial charge on any atom is -0.333 e. The monoisotopic (exact) mass is 233 g/mol. The molecule has 0 aromatic carbocycles. The van der Waals surface area contributed by atoms with Crippen LogP contribution >= 0.6 is 0 Å². The van der Waals surface area contributed by atoms with Crippen LogP contribution in [0.1, 0.15) is 37.9 Å². The summed E-state index contributed by atoms with van der Waals surface area (Å²) in [6, 6.07) is 0. The van der Waals surface area contributed by atoms with Crippen LogP contribution in [-0.2, 0) is 17.9 Å². The fourth-order valence-electron chi connectivity index (χ4n) is 2.97. The van der Waals surface area contributed by atoms with Gasteiger partial charge in [0.2, 0.25) is 5.91 Å². The number of hydrogen-bond donors (Lipinski definition) is 0. The van der Waals surface area contributed by atoms with Crippen LogP contribution in [0.25, 0.3) is 0 Å². The lowest BCUT2D eigenvalue weighted by Crippen LogP contribution is -2.42. The lowest BCUT2D eigenvalue weighted by atomic mass is 9.88. The first-order valence-electron chi connectivity index (χ1n) is 6.63. The summed E-state index contributed by atoms with van der Waals surface area (Å²) in [5.74, 6) is 1.67. The number of carbonyl (C=O) groups is 1. The van der Waals surface area contributed by atoms with E-state index in [2.05, 4.69) is 9.55 Å². The van der Waals surface area contributed by atoms with Crippen LogP contribution in [0, 0.1) is 5.92 Å². The Morgan fingerprint density at radius 3 is 2.88 bits per heavy atom. The van der Waals surface area contributed by atoms with Gasteiger partial charge in [0.25, 0.3) is 0 Å². The maximum absolute atomic E-state index is 12.4. The van der Waals surface area contributed by atoms with E-state index in [0.29, 0.717) is 12.5 Å². The smallest absolute Gasteiger partial charge is 0.226 e. The molecule has 0 bridgehead atoms. The van der Waals surface area contributed by atoms with Gasteiger partial charge in [0, 0.05) is 31.4 Å². The van der Waals surface area contributed by atoms with Crippen LogP contribution in [0.5, 0.6) is 0 Å². The van der Waals surface area contributed by atoms with Crippen molar-refractivity contribution in [2.45, 2.75) is 45.2 Å². The highest BCUT2D eigenvalue weighted by Crippen LogP contribution is 2.26. The van der Waals surface area contributed by atoms with Gasteiger partial charge in [-0.1, -0.05) is 19.3 Å². The number of nitrogens with zero attached hydrogens (tertiary/aromatic N) is 3. The average Bonchev–Trinajstić information content (AvgIpc) is 2.86. The zero-order valence-corrected chi connectivity index (χ0v) is 10.1. The maximum atomic E-state index is 12.4. The van der Waals surface area contributed by atoms with Gasteiger partial charge in [0.1, 0.15) is 5.82 Å². The molecular weight excluding hydrogens is 214 g/mol. The lowest BCUT2D eigenvalue weighted by molar-refractivity contribution is -0.138. The van der Waals surface area contributed by atoms with E-state index in [-0.39, 0.29) is 5.92 Å². The van der Waals surface area contributed by atoms with Crippen LogP contribution in [-0.4, -0.2) is 26.9 Å². The van der Waals surface area contributed by atoms with Crippen molar-refractivity contribution in [1.82, 2.24) is 14.5 Å². The number of fused-ring (bicyclic) bond motifs is 1. The van der Waals surface area contributed by atoms with Crippen molar-refractivity contribution in [3.8, 4) is 0 Å². The van der Waals surface area contributed by atoms with Crippen LogP contribution in [0.3, 0.4) is 0 Å². The summed E-state index contributed by atoms with van der Waals surface area (Å²) in [6.07, 6.45) is 9.74. The molecule has 1 aromatic heterocycles. The molecule has 0 spiro atoms. The normalized spacial score (nSPS) is 21.3. The zero-order valence-electron chi connectivity index (χ0n) is 10.1. The highest BCUT2D eigenvalue weighted by molar-refractivity contribution is 5.78. The summed E-state index contributed by atoms with van der Waals surface area (Å²) >= 11 is 0. The number of rotatable bonds is 1. The highest BCUT2D eigenvalue weighted by atomic mass is 16.2. The van der Waals surface area contributed by atoms with Gasteiger partial charge in [-0.15, -0.1) is 0 Å². The molecule has 4 heteroatoms. The molecule has 0 atom stereocenters. The number of imidazole rings is 1. The van der Waals surface area contributed by atoms with Crippen molar-refractivity contribution >= 4 is 5.91 Å². The first-order valence-corrected chi connectivity index (χ1v) is 6.63. The molecule has 0 N–H and O–H groups in total. The summed E-state index contributed by atoms with van der Waals surface area (Å²) in [5.41, 5.74) is 0. The number of hydrogen-bond acceptors (Lipinski definition) is 2. The Labute approximate surface area is 102 Å². The summed E-state index contributed by atoms with van der Waals surface area (Å²) in [4.78, 5) is 18.7. The molecule has 3 rings (SSSR count). The molecule has 2 aliphatic rings. The van der Waals surface area contributed by atoms with Gasteiger partial charge >= 0.3 is 0 Å². The second-order valence-corrected chi connectivity index (χ2v) is 5.13. The third-order valence-electron chi connectivity index (χ3n) is 4.01. The molecule has 17 heavy (non-hydrogen) atoms. The number of aromatic nitrogens is 2. The lowest BCUT2D eigenvalue weighted by Gasteiger charge is -2.32. The molecule has 1 fully saturated rings. The molecule has 1 aromatic rings. The van der Waals surface area contributed by atoms with E-state index < -0.39 is 0 Å². The molecule has 1 saturated carbocycles. The molecule has 4 nitrogen and oxygen atoms in total. The molecule has 1 aliphatic carbocycles. The first kappa shape index (κ1) is 10.8. The van der Waals surface area contributed by atoms with Crippen LogP contribution in [0.2, 0.25) is 0 Å². The number of carbonyl (C=O) groups excluding carboxylic acids is 1. The van der Waals surface area contributed by atoms with Crippen LogP contribution in [0.4, 0.5) is 0 Å². The molecule has 0 radical (unpaired) electrons. The topological polar surface area (TPSA) is 38.1 Å². The van der Waals surface area contributed by atoms with Crippen LogP contribution in [0.15, 0.2) is 12.4 Å². The first-order chi connectivity index (χ1) is 8.34. The molecule has 92 valence electrons. The predicted molar refractivity (Wildman–Crippen MR) is 64.2 cm³/mol.